The largest absolute Gasteiger partial charge is 0.481 e. The molecule has 7 heteroatoms. The van der Waals surface area contributed by atoms with E-state index < -0.39 is 5.97 Å². The molecule has 106 valence electrons. The van der Waals surface area contributed by atoms with Crippen molar-refractivity contribution in [2.75, 3.05) is 11.5 Å². The highest BCUT2D eigenvalue weighted by molar-refractivity contribution is 8.00. The molecule has 5 nitrogen and oxygen atoms in total. The van der Waals surface area contributed by atoms with E-state index in [-0.39, 0.29) is 11.3 Å². The molecule has 1 aromatic heterocycles. The molecular formula is C12H19N3O2S2. The van der Waals surface area contributed by atoms with E-state index in [1.807, 2.05) is 11.8 Å². The number of carboxylic acids is 1. The summed E-state index contributed by atoms with van der Waals surface area (Å²) >= 11 is 3.16. The van der Waals surface area contributed by atoms with Gasteiger partial charge in [-0.25, -0.2) is 0 Å². The van der Waals surface area contributed by atoms with Crippen molar-refractivity contribution in [2.24, 2.45) is 0 Å². The zero-order chi connectivity index (χ0) is 14.0. The molecule has 1 N–H and O–H groups in total. The number of aromatic nitrogens is 3. The molecule has 2 heterocycles. The zero-order valence-corrected chi connectivity index (χ0v) is 13.1. The van der Waals surface area contributed by atoms with E-state index >= 15 is 0 Å². The van der Waals surface area contributed by atoms with Crippen molar-refractivity contribution in [2.45, 2.75) is 49.6 Å². The highest BCUT2D eigenvalue weighted by Crippen LogP contribution is 2.41. The predicted molar refractivity (Wildman–Crippen MR) is 77.8 cm³/mol. The van der Waals surface area contributed by atoms with Crippen molar-refractivity contribution in [3.8, 4) is 0 Å². The van der Waals surface area contributed by atoms with Crippen molar-refractivity contribution in [1.82, 2.24) is 14.8 Å². The van der Waals surface area contributed by atoms with Crippen molar-refractivity contribution in [1.29, 1.82) is 0 Å². The van der Waals surface area contributed by atoms with Gasteiger partial charge < -0.3 is 5.11 Å². The zero-order valence-electron chi connectivity index (χ0n) is 11.4. The molecule has 2 rings (SSSR count). The van der Waals surface area contributed by atoms with Gasteiger partial charge in [0.05, 0.1) is 11.0 Å². The Labute approximate surface area is 121 Å². The van der Waals surface area contributed by atoms with Crippen LogP contribution in [0.25, 0.3) is 0 Å². The number of rotatable bonds is 4. The average molecular weight is 301 g/mol. The summed E-state index contributed by atoms with van der Waals surface area (Å²) in [5.74, 6) is 1.35. The number of carbonyl (C=O) groups is 1. The van der Waals surface area contributed by atoms with E-state index in [4.69, 9.17) is 5.11 Å². The fraction of sp³-hybridized carbons (Fsp3) is 0.750. The normalized spacial score (nSPS) is 19.8. The molecule has 1 fully saturated rings. The molecule has 0 spiro atoms. The summed E-state index contributed by atoms with van der Waals surface area (Å²) in [4.78, 5) is 10.7. The first-order valence-electron chi connectivity index (χ1n) is 6.31. The molecule has 1 aliphatic rings. The first-order valence-corrected chi connectivity index (χ1v) is 8.35. The highest BCUT2D eigenvalue weighted by Gasteiger charge is 2.30. The number of carboxylic acid groups (broad SMARTS) is 1. The lowest BCUT2D eigenvalue weighted by atomic mass is 10.1. The molecular weight excluding hydrogens is 282 g/mol. The number of hydrogen-bond acceptors (Lipinski definition) is 5. The highest BCUT2D eigenvalue weighted by atomic mass is 32.2. The Bertz CT molecular complexity index is 462. The maximum absolute atomic E-state index is 10.7. The van der Waals surface area contributed by atoms with Crippen LogP contribution in [-0.2, 0) is 10.3 Å². The van der Waals surface area contributed by atoms with Gasteiger partial charge >= 0.3 is 5.97 Å². The van der Waals surface area contributed by atoms with Gasteiger partial charge in [0.1, 0.15) is 5.82 Å². The summed E-state index contributed by atoms with van der Waals surface area (Å²) in [6, 6.07) is 0. The summed E-state index contributed by atoms with van der Waals surface area (Å²) in [6.07, 6.45) is 2.34. The van der Waals surface area contributed by atoms with Crippen LogP contribution >= 0.6 is 23.5 Å². The Hall–Kier alpha value is -0.690. The van der Waals surface area contributed by atoms with Gasteiger partial charge in [-0.15, -0.1) is 10.2 Å². The first-order chi connectivity index (χ1) is 8.89. The minimum Gasteiger partial charge on any atom is -0.481 e. The van der Waals surface area contributed by atoms with Crippen molar-refractivity contribution < 1.29 is 9.90 Å². The molecule has 1 aliphatic heterocycles. The van der Waals surface area contributed by atoms with E-state index in [0.29, 0.717) is 10.4 Å². The summed E-state index contributed by atoms with van der Waals surface area (Å²) in [5.41, 5.74) is -0.136. The van der Waals surface area contributed by atoms with Crippen LogP contribution in [0.5, 0.6) is 0 Å². The topological polar surface area (TPSA) is 68.0 Å². The van der Waals surface area contributed by atoms with Crippen LogP contribution in [0.1, 0.15) is 44.7 Å². The van der Waals surface area contributed by atoms with Gasteiger partial charge in [-0.1, -0.05) is 11.8 Å². The van der Waals surface area contributed by atoms with Gasteiger partial charge in [0.25, 0.3) is 0 Å². The Morgan fingerprint density at radius 2 is 2.26 bits per heavy atom. The molecule has 0 saturated carbocycles. The quantitative estimate of drug-likeness (QED) is 0.863. The third kappa shape index (κ3) is 3.45. The van der Waals surface area contributed by atoms with Crippen molar-refractivity contribution in [3.63, 3.8) is 0 Å². The first kappa shape index (κ1) is 14.7. The van der Waals surface area contributed by atoms with Crippen LogP contribution in [0.15, 0.2) is 5.16 Å². The predicted octanol–water partition coefficient (Wildman–Crippen LogP) is 2.78. The Morgan fingerprint density at radius 1 is 1.53 bits per heavy atom. The molecule has 1 saturated heterocycles. The molecule has 0 bridgehead atoms. The Kier molecular flexibility index (Phi) is 4.45. The number of thioether (sulfide) groups is 2. The minimum atomic E-state index is -0.828. The summed E-state index contributed by atoms with van der Waals surface area (Å²) < 4.78 is 2.10. The Morgan fingerprint density at radius 3 is 2.79 bits per heavy atom. The fourth-order valence-electron chi connectivity index (χ4n) is 2.12. The van der Waals surface area contributed by atoms with Gasteiger partial charge in [-0.05, 0) is 39.4 Å². The van der Waals surface area contributed by atoms with E-state index in [2.05, 4.69) is 35.5 Å². The van der Waals surface area contributed by atoms with E-state index in [1.54, 1.807) is 0 Å². The van der Waals surface area contributed by atoms with Crippen LogP contribution in [0, 0.1) is 0 Å². The molecule has 1 aromatic rings. The molecule has 0 aromatic carbocycles. The van der Waals surface area contributed by atoms with E-state index in [1.165, 1.54) is 23.9 Å². The van der Waals surface area contributed by atoms with Gasteiger partial charge in [-0.2, -0.15) is 11.8 Å². The molecule has 19 heavy (non-hydrogen) atoms. The molecule has 1 atom stereocenters. The average Bonchev–Trinajstić information content (AvgIpc) is 2.93. The number of hydrogen-bond donors (Lipinski definition) is 1. The maximum atomic E-state index is 10.7. The lowest BCUT2D eigenvalue weighted by Crippen LogP contribution is -2.26. The van der Waals surface area contributed by atoms with Gasteiger partial charge in [0, 0.05) is 5.54 Å². The van der Waals surface area contributed by atoms with Gasteiger partial charge in [-0.3, -0.25) is 9.36 Å². The smallest absolute Gasteiger partial charge is 0.313 e. The van der Waals surface area contributed by atoms with Gasteiger partial charge in [0.2, 0.25) is 0 Å². The molecule has 0 aliphatic carbocycles. The summed E-state index contributed by atoms with van der Waals surface area (Å²) in [7, 11) is 0. The third-order valence-electron chi connectivity index (χ3n) is 2.87. The minimum absolute atomic E-state index is 0.0199. The van der Waals surface area contributed by atoms with Gasteiger partial charge in [0.15, 0.2) is 5.16 Å². The van der Waals surface area contributed by atoms with E-state index in [9.17, 15) is 4.79 Å². The second-order valence-corrected chi connectivity index (χ2v) is 7.78. The van der Waals surface area contributed by atoms with Crippen LogP contribution in [-0.4, -0.2) is 37.3 Å². The van der Waals surface area contributed by atoms with Crippen molar-refractivity contribution >= 4 is 29.5 Å². The summed E-state index contributed by atoms with van der Waals surface area (Å²) in [6.45, 7) is 6.30. The standard InChI is InChI=1S/C12H19N3O2S2/c1-12(2,3)15-10(8-5-4-6-18-8)13-14-11(15)19-7-9(16)17/h8H,4-7H2,1-3H3,(H,16,17). The molecule has 0 amide bonds. The van der Waals surface area contributed by atoms with Crippen LogP contribution in [0.4, 0.5) is 0 Å². The van der Waals surface area contributed by atoms with E-state index in [0.717, 1.165) is 12.2 Å². The second kappa shape index (κ2) is 5.75. The molecule has 0 radical (unpaired) electrons. The molecule has 1 unspecified atom stereocenters. The van der Waals surface area contributed by atoms with Crippen LogP contribution in [0.3, 0.4) is 0 Å². The fourth-order valence-corrected chi connectivity index (χ4v) is 4.22. The third-order valence-corrected chi connectivity index (χ3v) is 5.16. The summed E-state index contributed by atoms with van der Waals surface area (Å²) in [5, 5.41) is 18.4. The maximum Gasteiger partial charge on any atom is 0.313 e. The lowest BCUT2D eigenvalue weighted by molar-refractivity contribution is -0.133. The van der Waals surface area contributed by atoms with Crippen molar-refractivity contribution in [3.05, 3.63) is 5.82 Å². The van der Waals surface area contributed by atoms with Crippen LogP contribution < -0.4 is 0 Å². The number of nitrogens with zero attached hydrogens (tertiary/aromatic N) is 3. The SMILES string of the molecule is CC(C)(C)n1c(SCC(=O)O)nnc1C1CCCS1. The number of aliphatic carboxylic acids is 1. The second-order valence-electron chi connectivity index (χ2n) is 5.53. The lowest BCUT2D eigenvalue weighted by Gasteiger charge is -2.26. The Balaban J connectivity index is 2.30. The van der Waals surface area contributed by atoms with Crippen LogP contribution in [0.2, 0.25) is 0 Å². The monoisotopic (exact) mass is 301 g/mol.